The number of amides is 1. The molecule has 0 atom stereocenters. The van der Waals surface area contributed by atoms with Crippen molar-refractivity contribution in [2.45, 2.75) is 19.8 Å². The predicted octanol–water partition coefficient (Wildman–Crippen LogP) is 2.55. The number of hydrogen-bond donors (Lipinski definition) is 1. The van der Waals surface area contributed by atoms with Gasteiger partial charge in [-0.25, -0.2) is 4.39 Å². The molecule has 1 amide bonds. The minimum Gasteiger partial charge on any atom is -0.427 e. The van der Waals surface area contributed by atoms with Gasteiger partial charge in [-0.05, 0) is 18.6 Å². The third-order valence-corrected chi connectivity index (χ3v) is 2.61. The highest BCUT2D eigenvalue weighted by Crippen LogP contribution is 2.26. The van der Waals surface area contributed by atoms with Gasteiger partial charge in [0.1, 0.15) is 5.82 Å². The molecule has 1 heterocycles. The Morgan fingerprint density at radius 2 is 2.20 bits per heavy atom. The van der Waals surface area contributed by atoms with Crippen molar-refractivity contribution >= 4 is 17.5 Å². The van der Waals surface area contributed by atoms with E-state index in [4.69, 9.17) is 5.11 Å². The molecule has 0 saturated heterocycles. The molecule has 0 aliphatic carbocycles. The lowest BCUT2D eigenvalue weighted by Crippen LogP contribution is -2.25. The highest BCUT2D eigenvalue weighted by molar-refractivity contribution is 5.85. The van der Waals surface area contributed by atoms with Gasteiger partial charge in [0, 0.05) is 25.0 Å². The van der Waals surface area contributed by atoms with E-state index in [-0.39, 0.29) is 5.82 Å². The molecule has 1 aromatic carbocycles. The van der Waals surface area contributed by atoms with E-state index in [1.807, 2.05) is 0 Å². The summed E-state index contributed by atoms with van der Waals surface area (Å²) >= 11 is 0. The van der Waals surface area contributed by atoms with E-state index >= 15 is 0 Å². The molecular formula is C11H11FNO2+. The number of fused-ring (bicyclic) bond motifs is 1. The summed E-state index contributed by atoms with van der Waals surface area (Å²) in [6.45, 7) is 1.78. The average molecular weight is 208 g/mol. The standard InChI is InChI=1S/C11H10FNO2/c1-7-2-3-8-6-9(12)4-5-10(8)13(7)11(14)15/h4-6H,2-3H2,1H3/p+1. The first kappa shape index (κ1) is 9.83. The first-order valence-corrected chi connectivity index (χ1v) is 4.73. The summed E-state index contributed by atoms with van der Waals surface area (Å²) in [5, 5.41) is 9.04. The van der Waals surface area contributed by atoms with Crippen LogP contribution >= 0.6 is 0 Å². The lowest BCUT2D eigenvalue weighted by Gasteiger charge is -2.11. The summed E-state index contributed by atoms with van der Waals surface area (Å²) in [4.78, 5) is 11.0. The molecule has 0 unspecified atom stereocenters. The van der Waals surface area contributed by atoms with Crippen molar-refractivity contribution < 1.29 is 18.9 Å². The van der Waals surface area contributed by atoms with Crippen molar-refractivity contribution in [1.29, 1.82) is 0 Å². The molecule has 1 aliphatic rings. The van der Waals surface area contributed by atoms with E-state index in [0.29, 0.717) is 18.5 Å². The monoisotopic (exact) mass is 208 g/mol. The Kier molecular flexibility index (Phi) is 2.26. The van der Waals surface area contributed by atoms with Crippen molar-refractivity contribution in [2.75, 3.05) is 0 Å². The Morgan fingerprint density at radius 3 is 2.87 bits per heavy atom. The summed E-state index contributed by atoms with van der Waals surface area (Å²) in [5.41, 5.74) is 2.11. The van der Waals surface area contributed by atoms with Gasteiger partial charge in [0.2, 0.25) is 5.69 Å². The third-order valence-electron chi connectivity index (χ3n) is 2.61. The topological polar surface area (TPSA) is 40.3 Å². The normalized spacial score (nSPS) is 15.1. The molecule has 0 saturated carbocycles. The van der Waals surface area contributed by atoms with Crippen LogP contribution in [0, 0.1) is 5.82 Å². The minimum absolute atomic E-state index is 0.321. The zero-order valence-corrected chi connectivity index (χ0v) is 8.33. The number of halogens is 1. The Hall–Kier alpha value is -1.71. The van der Waals surface area contributed by atoms with Crippen LogP contribution in [0.25, 0.3) is 0 Å². The molecule has 1 aromatic rings. The number of benzene rings is 1. The first-order chi connectivity index (χ1) is 7.09. The van der Waals surface area contributed by atoms with Crippen molar-refractivity contribution in [3.05, 3.63) is 29.6 Å². The largest absolute Gasteiger partial charge is 0.599 e. The summed E-state index contributed by atoms with van der Waals surface area (Å²) in [6, 6.07) is 4.20. The van der Waals surface area contributed by atoms with Gasteiger partial charge in [-0.15, -0.1) is 0 Å². The van der Waals surface area contributed by atoms with Crippen LogP contribution < -0.4 is 0 Å². The average Bonchev–Trinajstić information content (AvgIpc) is 2.17. The number of carbonyl (C=O) groups is 1. The van der Waals surface area contributed by atoms with E-state index in [9.17, 15) is 9.18 Å². The van der Waals surface area contributed by atoms with Gasteiger partial charge in [-0.1, -0.05) is 4.58 Å². The molecule has 0 fully saturated rings. The maximum Gasteiger partial charge on any atom is 0.599 e. The Bertz CT molecular complexity index is 466. The Labute approximate surface area is 86.5 Å². The van der Waals surface area contributed by atoms with Crippen LogP contribution in [0.1, 0.15) is 18.9 Å². The third kappa shape index (κ3) is 1.63. The van der Waals surface area contributed by atoms with E-state index in [1.54, 1.807) is 6.92 Å². The number of hydrogen-bond acceptors (Lipinski definition) is 1. The van der Waals surface area contributed by atoms with Crippen LogP contribution in [-0.2, 0) is 6.42 Å². The molecular weight excluding hydrogens is 197 g/mol. The summed E-state index contributed by atoms with van der Waals surface area (Å²) in [7, 11) is 0. The lowest BCUT2D eigenvalue weighted by atomic mass is 10.0. The van der Waals surface area contributed by atoms with Crippen LogP contribution in [0.4, 0.5) is 14.9 Å². The number of rotatable bonds is 0. The predicted molar refractivity (Wildman–Crippen MR) is 53.3 cm³/mol. The molecule has 0 spiro atoms. The molecule has 3 nitrogen and oxygen atoms in total. The van der Waals surface area contributed by atoms with Gasteiger partial charge in [0.25, 0.3) is 0 Å². The fourth-order valence-corrected chi connectivity index (χ4v) is 1.87. The quantitative estimate of drug-likeness (QED) is 0.665. The highest BCUT2D eigenvalue weighted by Gasteiger charge is 2.30. The number of aryl methyl sites for hydroxylation is 1. The number of carboxylic acid groups (broad SMARTS) is 1. The van der Waals surface area contributed by atoms with Crippen LogP contribution in [0.15, 0.2) is 18.2 Å². The highest BCUT2D eigenvalue weighted by atomic mass is 19.1. The fourth-order valence-electron chi connectivity index (χ4n) is 1.87. The fraction of sp³-hybridized carbons (Fsp3) is 0.273. The second kappa shape index (κ2) is 3.46. The van der Waals surface area contributed by atoms with E-state index in [1.165, 1.54) is 22.8 Å². The molecule has 0 radical (unpaired) electrons. The lowest BCUT2D eigenvalue weighted by molar-refractivity contribution is -0.357. The second-order valence-electron chi connectivity index (χ2n) is 3.63. The second-order valence-corrected chi connectivity index (χ2v) is 3.63. The summed E-state index contributed by atoms with van der Waals surface area (Å²) in [5.74, 6) is -0.321. The number of nitrogens with zero attached hydrogens (tertiary/aromatic N) is 1. The van der Waals surface area contributed by atoms with Crippen molar-refractivity contribution in [3.63, 3.8) is 0 Å². The van der Waals surface area contributed by atoms with Gasteiger partial charge in [-0.2, -0.15) is 4.79 Å². The minimum atomic E-state index is -1.01. The Balaban J connectivity index is 2.62. The van der Waals surface area contributed by atoms with E-state index in [2.05, 4.69) is 0 Å². The molecule has 78 valence electrons. The molecule has 0 aromatic heterocycles. The Morgan fingerprint density at radius 1 is 1.47 bits per heavy atom. The molecule has 15 heavy (non-hydrogen) atoms. The van der Waals surface area contributed by atoms with Crippen LogP contribution in [0.3, 0.4) is 0 Å². The summed E-state index contributed by atoms with van der Waals surface area (Å²) < 4.78 is 14.2. The van der Waals surface area contributed by atoms with Crippen LogP contribution in [0.2, 0.25) is 0 Å². The zero-order chi connectivity index (χ0) is 11.0. The first-order valence-electron chi connectivity index (χ1n) is 4.73. The molecule has 1 aliphatic heterocycles. The summed E-state index contributed by atoms with van der Waals surface area (Å²) in [6.07, 6.45) is 0.339. The van der Waals surface area contributed by atoms with Gasteiger partial charge in [0.05, 0.1) is 0 Å². The molecule has 0 bridgehead atoms. The maximum atomic E-state index is 12.9. The van der Waals surface area contributed by atoms with Gasteiger partial charge >= 0.3 is 6.09 Å². The van der Waals surface area contributed by atoms with Gasteiger partial charge in [0.15, 0.2) is 5.71 Å². The van der Waals surface area contributed by atoms with E-state index in [0.717, 1.165) is 11.3 Å². The van der Waals surface area contributed by atoms with Gasteiger partial charge in [-0.3, -0.25) is 0 Å². The van der Waals surface area contributed by atoms with Crippen molar-refractivity contribution in [3.8, 4) is 0 Å². The zero-order valence-electron chi connectivity index (χ0n) is 8.33. The van der Waals surface area contributed by atoms with Gasteiger partial charge < -0.3 is 5.11 Å². The SMILES string of the molecule is CC1=[N+](C(=O)O)c2ccc(F)cc2CC1. The maximum absolute atomic E-state index is 12.9. The molecule has 1 N–H and O–H groups in total. The molecule has 2 rings (SSSR count). The van der Waals surface area contributed by atoms with Crippen molar-refractivity contribution in [2.24, 2.45) is 0 Å². The smallest absolute Gasteiger partial charge is 0.427 e. The van der Waals surface area contributed by atoms with E-state index < -0.39 is 6.09 Å². The van der Waals surface area contributed by atoms with Crippen LogP contribution in [-0.4, -0.2) is 21.5 Å². The van der Waals surface area contributed by atoms with Crippen LogP contribution in [0.5, 0.6) is 0 Å². The molecule has 4 heteroatoms. The van der Waals surface area contributed by atoms with Crippen molar-refractivity contribution in [1.82, 2.24) is 0 Å².